The standard InChI is InChI=1S/C27H41N9O4.C23H31N7O5/c1-29-11-6-12-35(4)14-20-21(33-26(38)19(28)13-17-7-9-18(39-5)10-8-17)23(37)27(40-20)36-16-32-22-24(34(2)3)30-15-31-25(22)36;1-24-15(9-13-5-7-14(34-4)8-6-13)22(33)28-17-16(10-31)35-23(19(17)32)30-12-27-18-20(29(2)3)25-11-26-21(18)30/h7-10,15-16,19-21,23,27,29,37H,6,11-14,28H2,1-5H3,(H,33,38);5-8,11-12,15-17,19,23-24,31-32H,9-10H2,1-4H3,(H,28,33)/t19-,20+,21+,23+,27+;15-,16+,17+,19+,23+/m00/s1. The molecule has 2 amide bonds. The first-order chi connectivity index (χ1) is 36.1. The van der Waals surface area contributed by atoms with Gasteiger partial charge in [0.25, 0.3) is 0 Å². The predicted molar refractivity (Wildman–Crippen MR) is 280 cm³/mol. The number of aliphatic hydroxyl groups excluding tert-OH is 3. The molecule has 2 fully saturated rings. The van der Waals surface area contributed by atoms with Gasteiger partial charge in [0.05, 0.1) is 63.8 Å². The van der Waals surface area contributed by atoms with Crippen LogP contribution >= 0.6 is 0 Å². The van der Waals surface area contributed by atoms with Gasteiger partial charge in [-0.05, 0) is 88.9 Å². The van der Waals surface area contributed by atoms with Crippen LogP contribution in [0.4, 0.5) is 11.6 Å². The van der Waals surface area contributed by atoms with Crippen molar-refractivity contribution in [3.8, 4) is 11.5 Å². The fourth-order valence-corrected chi connectivity index (χ4v) is 9.21. The second-order valence-electron chi connectivity index (χ2n) is 19.0. The number of carbonyl (C=O) groups excluding carboxylic acids is 2. The topological polar surface area (TPSA) is 303 Å². The first kappa shape index (κ1) is 56.1. The Balaban J connectivity index is 0.000000221. The molecule has 2 saturated heterocycles. The van der Waals surface area contributed by atoms with Crippen molar-refractivity contribution in [1.29, 1.82) is 0 Å². The molecule has 8 rings (SSSR count). The summed E-state index contributed by atoms with van der Waals surface area (Å²) in [5, 5.41) is 44.6. The van der Waals surface area contributed by atoms with Crippen molar-refractivity contribution in [2.24, 2.45) is 5.73 Å². The van der Waals surface area contributed by atoms with Crippen molar-refractivity contribution in [2.45, 2.75) is 80.3 Å². The van der Waals surface area contributed by atoms with Crippen LogP contribution < -0.4 is 46.3 Å². The minimum Gasteiger partial charge on any atom is -0.497 e. The number of aliphatic hydroxyl groups is 3. The summed E-state index contributed by atoms with van der Waals surface area (Å²) in [6, 6.07) is 12.0. The first-order valence-electron chi connectivity index (χ1n) is 24.7. The van der Waals surface area contributed by atoms with E-state index in [9.17, 15) is 24.9 Å². The number of hydrogen-bond donors (Lipinski definition) is 8. The predicted octanol–water partition coefficient (Wildman–Crippen LogP) is -0.778. The molecule has 25 heteroatoms. The SMILES string of the molecule is CNCCCN(C)C[C@H]1O[C@@H](n2cnc3c(N(C)C)ncnc32)[C@H](O)[C@@H]1NC(=O)[C@@H](N)Cc1ccc(OC)cc1.CN[C@@H](Cc1ccc(OC)cc1)C(=O)N[C@H]1[C@@H](O)[C@H](n2cnc3c(N(C)C)ncnc32)O[C@@H]1CO. The van der Waals surface area contributed by atoms with Crippen LogP contribution in [0.3, 0.4) is 0 Å². The number of fused-ring (bicyclic) bond motifs is 2. The lowest BCUT2D eigenvalue weighted by molar-refractivity contribution is -0.125. The molecule has 2 aliphatic rings. The highest BCUT2D eigenvalue weighted by Crippen LogP contribution is 2.35. The summed E-state index contributed by atoms with van der Waals surface area (Å²) in [6.07, 6.45) is 2.46. The first-order valence-corrected chi connectivity index (χ1v) is 24.7. The lowest BCUT2D eigenvalue weighted by atomic mass is 10.0. The average molecular weight is 1040 g/mol. The molecule has 406 valence electrons. The number of hydrogen-bond acceptors (Lipinski definition) is 21. The van der Waals surface area contributed by atoms with Crippen LogP contribution in [-0.2, 0) is 31.9 Å². The zero-order chi connectivity index (χ0) is 53.9. The lowest BCUT2D eigenvalue weighted by Gasteiger charge is -2.27. The van der Waals surface area contributed by atoms with Crippen LogP contribution in [-0.4, -0.2) is 209 Å². The molecular formula is C50H72N16O9. The van der Waals surface area contributed by atoms with E-state index >= 15 is 0 Å². The molecule has 4 aromatic heterocycles. The van der Waals surface area contributed by atoms with E-state index in [1.165, 1.54) is 19.0 Å². The number of imidazole rings is 2. The summed E-state index contributed by atoms with van der Waals surface area (Å²) < 4.78 is 26.0. The van der Waals surface area contributed by atoms with Gasteiger partial charge in [0.2, 0.25) is 11.8 Å². The Bertz CT molecular complexity index is 2780. The van der Waals surface area contributed by atoms with Crippen molar-refractivity contribution in [1.82, 2.24) is 65.2 Å². The minimum absolute atomic E-state index is 0.317. The van der Waals surface area contributed by atoms with Crippen molar-refractivity contribution >= 4 is 45.8 Å². The number of amides is 2. The molecule has 6 aromatic rings. The van der Waals surface area contributed by atoms with E-state index in [0.29, 0.717) is 53.3 Å². The van der Waals surface area contributed by atoms with Gasteiger partial charge in [-0.1, -0.05) is 24.3 Å². The summed E-state index contributed by atoms with van der Waals surface area (Å²) in [5.74, 6) is 2.07. The molecule has 75 heavy (non-hydrogen) atoms. The third kappa shape index (κ3) is 13.1. The molecule has 6 heterocycles. The van der Waals surface area contributed by atoms with E-state index in [-0.39, 0.29) is 18.4 Å². The molecule has 0 bridgehead atoms. The Hall–Kier alpha value is -6.68. The normalized spacial score (nSPS) is 22.2. The number of anilines is 2. The second-order valence-corrected chi connectivity index (χ2v) is 19.0. The van der Waals surface area contributed by atoms with Crippen LogP contribution in [0.1, 0.15) is 30.0 Å². The monoisotopic (exact) mass is 1040 g/mol. The average Bonchev–Trinajstić information content (AvgIpc) is 4.20. The number of carbonyl (C=O) groups is 2. The van der Waals surface area contributed by atoms with Crippen LogP contribution in [0.25, 0.3) is 22.3 Å². The second kappa shape index (κ2) is 25.7. The number of likely N-dealkylation sites (N-methyl/N-ethyl adjacent to an activating group) is 2. The number of nitrogens with zero attached hydrogens (tertiary/aromatic N) is 11. The summed E-state index contributed by atoms with van der Waals surface area (Å²) in [7, 11) is 16.3. The number of methoxy groups -OCH3 is 2. The third-order valence-corrected chi connectivity index (χ3v) is 13.3. The molecule has 9 N–H and O–H groups in total. The van der Waals surface area contributed by atoms with Crippen molar-refractivity contribution < 1.29 is 43.9 Å². The molecule has 0 saturated carbocycles. The summed E-state index contributed by atoms with van der Waals surface area (Å²) in [6.45, 7) is 1.83. The summed E-state index contributed by atoms with van der Waals surface area (Å²) in [5.41, 5.74) is 10.3. The van der Waals surface area contributed by atoms with Gasteiger partial charge in [-0.3, -0.25) is 18.7 Å². The third-order valence-electron chi connectivity index (χ3n) is 13.3. The molecule has 0 unspecified atom stereocenters. The smallest absolute Gasteiger partial charge is 0.237 e. The van der Waals surface area contributed by atoms with Gasteiger partial charge < -0.3 is 76.0 Å². The molecule has 10 atom stereocenters. The molecule has 0 spiro atoms. The molecule has 2 aliphatic heterocycles. The number of benzene rings is 2. The quantitative estimate of drug-likeness (QED) is 0.0387. The zero-order valence-corrected chi connectivity index (χ0v) is 43.9. The summed E-state index contributed by atoms with van der Waals surface area (Å²) >= 11 is 0. The Kier molecular flexibility index (Phi) is 19.2. The van der Waals surface area contributed by atoms with Crippen LogP contribution in [0.15, 0.2) is 73.8 Å². The van der Waals surface area contributed by atoms with Crippen molar-refractivity contribution in [3.05, 3.63) is 85.0 Å². The van der Waals surface area contributed by atoms with Gasteiger partial charge in [-0.2, -0.15) is 0 Å². The lowest BCUT2D eigenvalue weighted by Crippen LogP contribution is -2.54. The minimum atomic E-state index is -1.15. The van der Waals surface area contributed by atoms with E-state index in [4.69, 9.17) is 24.7 Å². The number of nitrogens with one attached hydrogen (secondary N) is 4. The van der Waals surface area contributed by atoms with E-state index in [2.05, 4.69) is 56.1 Å². The van der Waals surface area contributed by atoms with Crippen LogP contribution in [0.5, 0.6) is 11.5 Å². The number of nitrogens with two attached hydrogens (primary N) is 1. The number of rotatable bonds is 22. The van der Waals surface area contributed by atoms with Gasteiger partial charge in [-0.25, -0.2) is 29.9 Å². The molecule has 0 radical (unpaired) electrons. The Morgan fingerprint density at radius 3 is 1.65 bits per heavy atom. The maximum Gasteiger partial charge on any atom is 0.237 e. The van der Waals surface area contributed by atoms with Gasteiger partial charge in [-0.15, -0.1) is 0 Å². The molecular weight excluding hydrogens is 969 g/mol. The Morgan fingerprint density at radius 1 is 0.707 bits per heavy atom. The molecule has 2 aromatic carbocycles. The van der Waals surface area contributed by atoms with E-state index in [0.717, 1.165) is 42.1 Å². The highest BCUT2D eigenvalue weighted by molar-refractivity contribution is 5.85. The number of aromatic nitrogens is 8. The van der Waals surface area contributed by atoms with Crippen LogP contribution in [0, 0.1) is 0 Å². The van der Waals surface area contributed by atoms with E-state index < -0.39 is 61.0 Å². The molecule has 0 aliphatic carbocycles. The largest absolute Gasteiger partial charge is 0.497 e. The van der Waals surface area contributed by atoms with Gasteiger partial charge >= 0.3 is 0 Å². The number of ether oxygens (including phenoxy) is 4. The van der Waals surface area contributed by atoms with Crippen molar-refractivity contribution in [3.63, 3.8) is 0 Å². The highest BCUT2D eigenvalue weighted by atomic mass is 16.5. The van der Waals surface area contributed by atoms with Gasteiger partial charge in [0.15, 0.2) is 46.4 Å². The van der Waals surface area contributed by atoms with Gasteiger partial charge in [0.1, 0.15) is 42.5 Å². The van der Waals surface area contributed by atoms with E-state index in [1.807, 2.05) is 101 Å². The highest BCUT2D eigenvalue weighted by Gasteiger charge is 2.48. The molecule has 25 nitrogen and oxygen atoms in total. The maximum absolute atomic E-state index is 13.2. The van der Waals surface area contributed by atoms with Gasteiger partial charge in [0, 0.05) is 34.7 Å². The Labute approximate surface area is 435 Å². The summed E-state index contributed by atoms with van der Waals surface area (Å²) in [4.78, 5) is 58.3. The zero-order valence-electron chi connectivity index (χ0n) is 43.9. The fraction of sp³-hybridized carbons (Fsp3) is 0.520. The fourth-order valence-electron chi connectivity index (χ4n) is 9.21. The Morgan fingerprint density at radius 2 is 1.19 bits per heavy atom. The van der Waals surface area contributed by atoms with E-state index in [1.54, 1.807) is 36.7 Å². The van der Waals surface area contributed by atoms with Crippen LogP contribution in [0.2, 0.25) is 0 Å². The van der Waals surface area contributed by atoms with Crippen molar-refractivity contribution in [2.75, 3.05) is 99.6 Å². The maximum atomic E-state index is 13.2.